The molecule has 0 saturated heterocycles. The van der Waals surface area contributed by atoms with Gasteiger partial charge in [-0.15, -0.1) is 11.3 Å². The zero-order valence-corrected chi connectivity index (χ0v) is 16.9. The van der Waals surface area contributed by atoms with Gasteiger partial charge in [0, 0.05) is 10.9 Å². The van der Waals surface area contributed by atoms with Crippen molar-refractivity contribution in [1.29, 1.82) is 0 Å². The first-order chi connectivity index (χ1) is 13.9. The smallest absolute Gasteiger partial charge is 0.271 e. The maximum Gasteiger partial charge on any atom is 0.271 e. The Morgan fingerprint density at radius 1 is 1.24 bits per heavy atom. The SMILES string of the molecule is Cc1ccc(-c2csc3c(=O)n(CC(=O)Nc4ccc(F)cc4Cl)cnc23)cc1. The number of fused-ring (bicyclic) bond motifs is 1. The van der Waals surface area contributed by atoms with Crippen molar-refractivity contribution in [2.45, 2.75) is 13.5 Å². The number of aromatic nitrogens is 2. The molecule has 2 aromatic heterocycles. The predicted octanol–water partition coefficient (Wildman–Crippen LogP) is 4.86. The molecule has 0 unspecified atom stereocenters. The van der Waals surface area contributed by atoms with Crippen molar-refractivity contribution in [1.82, 2.24) is 9.55 Å². The largest absolute Gasteiger partial charge is 0.323 e. The summed E-state index contributed by atoms with van der Waals surface area (Å²) < 4.78 is 14.9. The molecule has 5 nitrogen and oxygen atoms in total. The lowest BCUT2D eigenvalue weighted by atomic mass is 10.1. The summed E-state index contributed by atoms with van der Waals surface area (Å²) in [7, 11) is 0. The highest BCUT2D eigenvalue weighted by molar-refractivity contribution is 7.17. The van der Waals surface area contributed by atoms with Crippen molar-refractivity contribution in [3.8, 4) is 11.1 Å². The normalized spacial score (nSPS) is 11.0. The molecule has 0 aliphatic rings. The first kappa shape index (κ1) is 19.3. The number of carbonyl (C=O) groups is 1. The maximum absolute atomic E-state index is 13.1. The third-order valence-electron chi connectivity index (χ3n) is 4.43. The number of anilines is 1. The van der Waals surface area contributed by atoms with Gasteiger partial charge in [-0.25, -0.2) is 9.37 Å². The highest BCUT2D eigenvalue weighted by Crippen LogP contribution is 2.30. The molecule has 0 radical (unpaired) electrons. The second-order valence-electron chi connectivity index (χ2n) is 6.54. The molecule has 2 heterocycles. The second-order valence-corrected chi connectivity index (χ2v) is 7.83. The molecule has 1 amide bonds. The maximum atomic E-state index is 13.1. The van der Waals surface area contributed by atoms with Crippen LogP contribution >= 0.6 is 22.9 Å². The molecule has 0 aliphatic carbocycles. The molecule has 1 N–H and O–H groups in total. The molecule has 2 aromatic carbocycles. The first-order valence-corrected chi connectivity index (χ1v) is 9.97. The number of aryl methyl sites for hydroxylation is 1. The number of benzene rings is 2. The van der Waals surface area contributed by atoms with Crippen molar-refractivity contribution in [3.05, 3.63) is 80.9 Å². The van der Waals surface area contributed by atoms with Crippen LogP contribution in [-0.4, -0.2) is 15.5 Å². The molecule has 8 heteroatoms. The van der Waals surface area contributed by atoms with E-state index in [4.69, 9.17) is 11.6 Å². The van der Waals surface area contributed by atoms with Crippen LogP contribution in [0.2, 0.25) is 5.02 Å². The number of carbonyl (C=O) groups excluding carboxylic acids is 1. The van der Waals surface area contributed by atoms with Gasteiger partial charge >= 0.3 is 0 Å². The fraction of sp³-hybridized carbons (Fsp3) is 0.0952. The van der Waals surface area contributed by atoms with Crippen LogP contribution in [0.5, 0.6) is 0 Å². The minimum atomic E-state index is -0.499. The Morgan fingerprint density at radius 3 is 2.72 bits per heavy atom. The molecular formula is C21H15ClFN3O2S. The number of amides is 1. The molecule has 0 spiro atoms. The van der Waals surface area contributed by atoms with E-state index in [1.807, 2.05) is 36.6 Å². The van der Waals surface area contributed by atoms with E-state index >= 15 is 0 Å². The van der Waals surface area contributed by atoms with E-state index in [-0.39, 0.29) is 22.8 Å². The van der Waals surface area contributed by atoms with Gasteiger partial charge in [-0.05, 0) is 30.7 Å². The lowest BCUT2D eigenvalue weighted by Crippen LogP contribution is -2.27. The number of hydrogen-bond acceptors (Lipinski definition) is 4. The zero-order chi connectivity index (χ0) is 20.5. The highest BCUT2D eigenvalue weighted by Gasteiger charge is 2.14. The summed E-state index contributed by atoms with van der Waals surface area (Å²) in [6.45, 7) is 1.78. The molecule has 0 saturated carbocycles. The van der Waals surface area contributed by atoms with E-state index in [2.05, 4.69) is 10.3 Å². The van der Waals surface area contributed by atoms with Crippen LogP contribution in [0.1, 0.15) is 5.56 Å². The highest BCUT2D eigenvalue weighted by atomic mass is 35.5. The van der Waals surface area contributed by atoms with Crippen molar-refractivity contribution in [2.75, 3.05) is 5.32 Å². The Kier molecular flexibility index (Phi) is 5.17. The van der Waals surface area contributed by atoms with Crippen LogP contribution in [0.25, 0.3) is 21.3 Å². The van der Waals surface area contributed by atoms with Gasteiger partial charge in [0.1, 0.15) is 17.1 Å². The minimum absolute atomic E-state index is 0.0836. The predicted molar refractivity (Wildman–Crippen MR) is 114 cm³/mol. The van der Waals surface area contributed by atoms with Gasteiger partial charge in [0.05, 0.1) is 22.6 Å². The van der Waals surface area contributed by atoms with E-state index < -0.39 is 11.7 Å². The van der Waals surface area contributed by atoms with Crippen molar-refractivity contribution in [2.24, 2.45) is 0 Å². The fourth-order valence-electron chi connectivity index (χ4n) is 2.93. The van der Waals surface area contributed by atoms with E-state index in [1.165, 1.54) is 34.4 Å². The van der Waals surface area contributed by atoms with Crippen LogP contribution in [0.4, 0.5) is 10.1 Å². The second kappa shape index (κ2) is 7.77. The summed E-state index contributed by atoms with van der Waals surface area (Å²) in [4.78, 5) is 29.5. The van der Waals surface area contributed by atoms with Crippen LogP contribution in [0.15, 0.2) is 59.0 Å². The van der Waals surface area contributed by atoms with Crippen molar-refractivity contribution < 1.29 is 9.18 Å². The lowest BCUT2D eigenvalue weighted by molar-refractivity contribution is -0.116. The third kappa shape index (κ3) is 3.92. The van der Waals surface area contributed by atoms with Gasteiger partial charge < -0.3 is 5.32 Å². The van der Waals surface area contributed by atoms with E-state index in [0.29, 0.717) is 10.2 Å². The quantitative estimate of drug-likeness (QED) is 0.505. The number of halogens is 2. The summed E-state index contributed by atoms with van der Waals surface area (Å²) in [6.07, 6.45) is 1.36. The molecule has 0 bridgehead atoms. The average Bonchev–Trinajstić information content (AvgIpc) is 3.12. The topological polar surface area (TPSA) is 64.0 Å². The first-order valence-electron chi connectivity index (χ1n) is 8.71. The Morgan fingerprint density at radius 2 is 2.00 bits per heavy atom. The minimum Gasteiger partial charge on any atom is -0.323 e. The molecular weight excluding hydrogens is 413 g/mol. The van der Waals surface area contributed by atoms with Crippen LogP contribution in [0, 0.1) is 12.7 Å². The Hall–Kier alpha value is -3.03. The van der Waals surface area contributed by atoms with Gasteiger partial charge in [0.15, 0.2) is 0 Å². The summed E-state index contributed by atoms with van der Waals surface area (Å²) in [5.41, 5.74) is 3.61. The Labute approximate surface area is 174 Å². The van der Waals surface area contributed by atoms with E-state index in [0.717, 1.165) is 22.8 Å². The van der Waals surface area contributed by atoms with Gasteiger partial charge in [-0.2, -0.15) is 0 Å². The Bertz CT molecular complexity index is 1280. The van der Waals surface area contributed by atoms with Crippen molar-refractivity contribution in [3.63, 3.8) is 0 Å². The van der Waals surface area contributed by atoms with Crippen molar-refractivity contribution >= 4 is 44.7 Å². The summed E-state index contributed by atoms with van der Waals surface area (Å²) in [5.74, 6) is -0.960. The molecule has 0 atom stereocenters. The van der Waals surface area contributed by atoms with Gasteiger partial charge in [0.2, 0.25) is 5.91 Å². The van der Waals surface area contributed by atoms with Crippen LogP contribution < -0.4 is 10.9 Å². The third-order valence-corrected chi connectivity index (χ3v) is 5.70. The Balaban J connectivity index is 1.60. The van der Waals surface area contributed by atoms with E-state index in [1.54, 1.807) is 0 Å². The van der Waals surface area contributed by atoms with Gasteiger partial charge in [-0.3, -0.25) is 14.2 Å². The van der Waals surface area contributed by atoms with E-state index in [9.17, 15) is 14.0 Å². The molecule has 29 heavy (non-hydrogen) atoms. The van der Waals surface area contributed by atoms with Gasteiger partial charge in [-0.1, -0.05) is 41.4 Å². The van der Waals surface area contributed by atoms with Crippen LogP contribution in [-0.2, 0) is 11.3 Å². The fourth-order valence-corrected chi connectivity index (χ4v) is 4.12. The lowest BCUT2D eigenvalue weighted by Gasteiger charge is -2.09. The number of nitrogens with one attached hydrogen (secondary N) is 1. The molecule has 0 aliphatic heterocycles. The number of rotatable bonds is 4. The number of nitrogens with zero attached hydrogens (tertiary/aromatic N) is 2. The van der Waals surface area contributed by atoms with Gasteiger partial charge in [0.25, 0.3) is 5.56 Å². The molecule has 4 aromatic rings. The molecule has 146 valence electrons. The number of hydrogen-bond donors (Lipinski definition) is 1. The molecule has 4 rings (SSSR count). The summed E-state index contributed by atoms with van der Waals surface area (Å²) in [6, 6.07) is 11.7. The standard InChI is InChI=1S/C21H15ClFN3O2S/c1-12-2-4-13(5-3-12)15-10-29-20-19(15)24-11-26(21(20)28)9-18(27)25-17-7-6-14(23)8-16(17)22/h2-8,10-11H,9H2,1H3,(H,25,27). The summed E-state index contributed by atoms with van der Waals surface area (Å²) in [5, 5.41) is 4.55. The monoisotopic (exact) mass is 427 g/mol. The van der Waals surface area contributed by atoms with Crippen LogP contribution in [0.3, 0.4) is 0 Å². The zero-order valence-electron chi connectivity index (χ0n) is 15.3. The molecule has 0 fully saturated rings. The average molecular weight is 428 g/mol. The number of thiophene rings is 1. The summed E-state index contributed by atoms with van der Waals surface area (Å²) >= 11 is 7.22.